The first-order chi connectivity index (χ1) is 9.29. The van der Waals surface area contributed by atoms with Gasteiger partial charge in [0.1, 0.15) is 5.69 Å². The van der Waals surface area contributed by atoms with Crippen LogP contribution >= 0.6 is 15.9 Å². The minimum absolute atomic E-state index is 0.0203. The van der Waals surface area contributed by atoms with Gasteiger partial charge in [-0.3, -0.25) is 10.1 Å². The number of pyridine rings is 1. The number of nitrogens with zero attached hydrogens (tertiary/aromatic N) is 2. The molecule has 0 unspecified atom stereocenters. The summed E-state index contributed by atoms with van der Waals surface area (Å²) in [6.45, 7) is 0. The molecular formula is C12H6BrF3N2O2. The minimum Gasteiger partial charge on any atom is -0.258 e. The van der Waals surface area contributed by atoms with Crippen LogP contribution in [0.3, 0.4) is 0 Å². The van der Waals surface area contributed by atoms with Gasteiger partial charge in [-0.2, -0.15) is 13.2 Å². The van der Waals surface area contributed by atoms with E-state index in [2.05, 4.69) is 20.9 Å². The normalized spacial score (nSPS) is 11.4. The molecule has 8 heteroatoms. The van der Waals surface area contributed by atoms with Crippen molar-refractivity contribution in [3.63, 3.8) is 0 Å². The van der Waals surface area contributed by atoms with Crippen molar-refractivity contribution in [2.75, 3.05) is 0 Å². The zero-order valence-corrected chi connectivity index (χ0v) is 11.3. The number of rotatable bonds is 2. The van der Waals surface area contributed by atoms with Gasteiger partial charge in [0.15, 0.2) is 0 Å². The van der Waals surface area contributed by atoms with E-state index in [0.717, 1.165) is 24.3 Å². The molecule has 104 valence electrons. The van der Waals surface area contributed by atoms with E-state index < -0.39 is 16.7 Å². The third-order valence-electron chi connectivity index (χ3n) is 2.52. The molecule has 0 radical (unpaired) electrons. The minimum atomic E-state index is -4.45. The quantitative estimate of drug-likeness (QED) is 0.596. The summed E-state index contributed by atoms with van der Waals surface area (Å²) >= 11 is 3.06. The molecule has 0 spiro atoms. The lowest BCUT2D eigenvalue weighted by Gasteiger charge is -2.07. The number of hydrogen-bond donors (Lipinski definition) is 0. The molecule has 0 saturated carbocycles. The van der Waals surface area contributed by atoms with Crippen LogP contribution in [-0.4, -0.2) is 9.91 Å². The Labute approximate surface area is 119 Å². The predicted molar refractivity (Wildman–Crippen MR) is 69.0 cm³/mol. The predicted octanol–water partition coefficient (Wildman–Crippen LogP) is 4.44. The van der Waals surface area contributed by atoms with E-state index in [1.165, 1.54) is 12.3 Å². The van der Waals surface area contributed by atoms with Gasteiger partial charge < -0.3 is 0 Å². The molecule has 0 aliphatic rings. The van der Waals surface area contributed by atoms with Crippen LogP contribution < -0.4 is 0 Å². The van der Waals surface area contributed by atoms with Gasteiger partial charge in [0, 0.05) is 22.3 Å². The van der Waals surface area contributed by atoms with Crippen molar-refractivity contribution in [2.45, 2.75) is 6.18 Å². The zero-order valence-electron chi connectivity index (χ0n) is 9.69. The molecule has 2 rings (SSSR count). The fourth-order valence-corrected chi connectivity index (χ4v) is 1.93. The Kier molecular flexibility index (Phi) is 3.76. The van der Waals surface area contributed by atoms with Crippen LogP contribution in [0.15, 0.2) is 41.0 Å². The van der Waals surface area contributed by atoms with E-state index in [9.17, 15) is 23.3 Å². The number of aromatic nitrogens is 1. The van der Waals surface area contributed by atoms with Crippen molar-refractivity contribution >= 4 is 21.6 Å². The smallest absolute Gasteiger partial charge is 0.258 e. The lowest BCUT2D eigenvalue weighted by molar-refractivity contribution is -0.384. The van der Waals surface area contributed by atoms with Crippen molar-refractivity contribution in [3.8, 4) is 11.3 Å². The van der Waals surface area contributed by atoms with Gasteiger partial charge in [-0.25, -0.2) is 4.98 Å². The maximum Gasteiger partial charge on any atom is 0.416 e. The Hall–Kier alpha value is -1.96. The maximum atomic E-state index is 12.5. The molecule has 1 aromatic heterocycles. The van der Waals surface area contributed by atoms with E-state index >= 15 is 0 Å². The van der Waals surface area contributed by atoms with Crippen molar-refractivity contribution in [2.24, 2.45) is 0 Å². The van der Waals surface area contributed by atoms with Crippen molar-refractivity contribution in [3.05, 3.63) is 56.7 Å². The van der Waals surface area contributed by atoms with E-state index in [0.29, 0.717) is 4.47 Å². The monoisotopic (exact) mass is 346 g/mol. The van der Waals surface area contributed by atoms with Gasteiger partial charge in [0.05, 0.1) is 10.5 Å². The topological polar surface area (TPSA) is 56.0 Å². The highest BCUT2D eigenvalue weighted by Gasteiger charge is 2.30. The molecule has 0 N–H and O–H groups in total. The van der Waals surface area contributed by atoms with Crippen LogP contribution in [0.5, 0.6) is 0 Å². The first-order valence-corrected chi connectivity index (χ1v) is 6.06. The molecule has 0 aliphatic heterocycles. The molecule has 4 nitrogen and oxygen atoms in total. The standard InChI is InChI=1S/C12H6BrF3N2O2/c13-9-5-10(18(19)20)11(17-6-9)7-1-3-8(4-2-7)12(14,15)16/h1-6H. The molecule has 0 amide bonds. The van der Waals surface area contributed by atoms with Crippen LogP contribution in [-0.2, 0) is 6.18 Å². The number of benzene rings is 1. The molecule has 0 aliphatic carbocycles. The van der Waals surface area contributed by atoms with Gasteiger partial charge in [-0.15, -0.1) is 0 Å². The number of halogens is 4. The first-order valence-electron chi connectivity index (χ1n) is 5.26. The maximum absolute atomic E-state index is 12.5. The molecular weight excluding hydrogens is 341 g/mol. The van der Waals surface area contributed by atoms with Gasteiger partial charge in [0.2, 0.25) is 0 Å². The van der Waals surface area contributed by atoms with E-state index in [1.807, 2.05) is 0 Å². The van der Waals surface area contributed by atoms with Crippen molar-refractivity contribution in [1.82, 2.24) is 4.98 Å². The van der Waals surface area contributed by atoms with Crippen LogP contribution in [0.1, 0.15) is 5.56 Å². The Morgan fingerprint density at radius 1 is 1.20 bits per heavy atom. The van der Waals surface area contributed by atoms with Crippen molar-refractivity contribution in [1.29, 1.82) is 0 Å². The number of hydrogen-bond acceptors (Lipinski definition) is 3. The van der Waals surface area contributed by atoms with Gasteiger partial charge in [-0.1, -0.05) is 12.1 Å². The molecule has 1 heterocycles. The second-order valence-electron chi connectivity index (χ2n) is 3.85. The van der Waals surface area contributed by atoms with E-state index in [-0.39, 0.29) is 16.9 Å². The molecule has 0 saturated heterocycles. The Morgan fingerprint density at radius 3 is 2.30 bits per heavy atom. The molecule has 0 bridgehead atoms. The summed E-state index contributed by atoms with van der Waals surface area (Å²) in [5.74, 6) is 0. The summed E-state index contributed by atoms with van der Waals surface area (Å²) in [4.78, 5) is 14.2. The van der Waals surface area contributed by atoms with E-state index in [4.69, 9.17) is 0 Å². The van der Waals surface area contributed by atoms with Crippen LogP contribution in [0, 0.1) is 10.1 Å². The second kappa shape index (κ2) is 5.20. The summed E-state index contributed by atoms with van der Waals surface area (Å²) < 4.78 is 37.8. The SMILES string of the molecule is O=[N+]([O-])c1cc(Br)cnc1-c1ccc(C(F)(F)F)cc1. The summed E-state index contributed by atoms with van der Waals surface area (Å²) in [5.41, 5.74) is -0.829. The molecule has 0 atom stereocenters. The van der Waals surface area contributed by atoms with Crippen molar-refractivity contribution < 1.29 is 18.1 Å². The summed E-state index contributed by atoms with van der Waals surface area (Å²) in [7, 11) is 0. The highest BCUT2D eigenvalue weighted by molar-refractivity contribution is 9.10. The average Bonchev–Trinajstić information content (AvgIpc) is 2.37. The summed E-state index contributed by atoms with van der Waals surface area (Å²) in [6.07, 6.45) is -3.10. The van der Waals surface area contributed by atoms with Gasteiger partial charge >= 0.3 is 6.18 Å². The third kappa shape index (κ3) is 2.96. The zero-order chi connectivity index (χ0) is 14.9. The fraction of sp³-hybridized carbons (Fsp3) is 0.0833. The van der Waals surface area contributed by atoms with Crippen LogP contribution in [0.2, 0.25) is 0 Å². The Bertz CT molecular complexity index is 657. The number of alkyl halides is 3. The molecule has 0 fully saturated rings. The van der Waals surface area contributed by atoms with Crippen LogP contribution in [0.4, 0.5) is 18.9 Å². The summed E-state index contributed by atoms with van der Waals surface area (Å²) in [5, 5.41) is 10.9. The van der Waals surface area contributed by atoms with Crippen LogP contribution in [0.25, 0.3) is 11.3 Å². The lowest BCUT2D eigenvalue weighted by Crippen LogP contribution is -2.04. The average molecular weight is 347 g/mol. The fourth-order valence-electron chi connectivity index (χ4n) is 1.61. The molecule has 1 aromatic carbocycles. The highest BCUT2D eigenvalue weighted by atomic mass is 79.9. The van der Waals surface area contributed by atoms with E-state index in [1.54, 1.807) is 0 Å². The Balaban J connectivity index is 2.50. The number of nitro groups is 1. The third-order valence-corrected chi connectivity index (χ3v) is 2.95. The first kappa shape index (κ1) is 14.4. The highest BCUT2D eigenvalue weighted by Crippen LogP contribution is 2.33. The molecule has 2 aromatic rings. The lowest BCUT2D eigenvalue weighted by atomic mass is 10.1. The Morgan fingerprint density at radius 2 is 1.80 bits per heavy atom. The second-order valence-corrected chi connectivity index (χ2v) is 4.77. The molecule has 20 heavy (non-hydrogen) atoms. The van der Waals surface area contributed by atoms with Gasteiger partial charge in [0.25, 0.3) is 5.69 Å². The largest absolute Gasteiger partial charge is 0.416 e. The van der Waals surface area contributed by atoms with Gasteiger partial charge in [-0.05, 0) is 28.1 Å². The summed E-state index contributed by atoms with van der Waals surface area (Å²) in [6, 6.07) is 5.30.